The molecule has 1 aromatic heterocycles. The molecule has 2 aromatic rings. The van der Waals surface area contributed by atoms with E-state index in [-0.39, 0.29) is 24.0 Å². The largest absolute Gasteiger partial charge is 0.368 e. The smallest absolute Gasteiger partial charge is 0.191 e. The van der Waals surface area contributed by atoms with Crippen molar-refractivity contribution in [1.82, 2.24) is 25.4 Å². The number of aromatic nitrogens is 3. The van der Waals surface area contributed by atoms with Crippen molar-refractivity contribution in [2.75, 3.05) is 31.1 Å². The number of rotatable bonds is 8. The lowest BCUT2D eigenvalue weighted by molar-refractivity contribution is 0.468. The van der Waals surface area contributed by atoms with Crippen LogP contribution in [0.25, 0.3) is 0 Å². The van der Waals surface area contributed by atoms with E-state index >= 15 is 0 Å². The monoisotopic (exact) mass is 531 g/mol. The van der Waals surface area contributed by atoms with Crippen molar-refractivity contribution in [2.24, 2.45) is 4.99 Å². The summed E-state index contributed by atoms with van der Waals surface area (Å²) in [4.78, 5) is 7.12. The maximum Gasteiger partial charge on any atom is 0.191 e. The van der Waals surface area contributed by atoms with E-state index in [0.29, 0.717) is 6.04 Å². The second-order valence-electron chi connectivity index (χ2n) is 7.05. The van der Waals surface area contributed by atoms with Gasteiger partial charge in [-0.1, -0.05) is 23.7 Å². The summed E-state index contributed by atoms with van der Waals surface area (Å²) < 4.78 is 2.00. The molecular formula is C20H31ClIN7. The third-order valence-electron chi connectivity index (χ3n) is 4.86. The van der Waals surface area contributed by atoms with E-state index in [4.69, 9.17) is 16.6 Å². The van der Waals surface area contributed by atoms with Gasteiger partial charge in [0.15, 0.2) is 5.96 Å². The highest BCUT2D eigenvalue weighted by Gasteiger charge is 2.22. The van der Waals surface area contributed by atoms with E-state index in [1.807, 2.05) is 22.8 Å². The summed E-state index contributed by atoms with van der Waals surface area (Å²) in [6.45, 7) is 6.66. The van der Waals surface area contributed by atoms with Gasteiger partial charge in [0, 0.05) is 38.8 Å². The van der Waals surface area contributed by atoms with Crippen molar-refractivity contribution in [3.63, 3.8) is 0 Å². The van der Waals surface area contributed by atoms with E-state index in [1.54, 1.807) is 12.7 Å². The van der Waals surface area contributed by atoms with Crippen molar-refractivity contribution >= 4 is 47.2 Å². The maximum absolute atomic E-state index is 6.39. The Kier molecular flexibility index (Phi) is 10.5. The van der Waals surface area contributed by atoms with Gasteiger partial charge in [-0.15, -0.1) is 34.2 Å². The summed E-state index contributed by atoms with van der Waals surface area (Å²) in [6, 6.07) is 8.44. The molecule has 1 unspecified atom stereocenters. The number of unbranched alkanes of at least 4 members (excludes halogenated alkanes) is 1. The van der Waals surface area contributed by atoms with Crippen LogP contribution >= 0.6 is 35.6 Å². The van der Waals surface area contributed by atoms with E-state index in [0.717, 1.165) is 75.1 Å². The van der Waals surface area contributed by atoms with Crippen LogP contribution in [0.4, 0.5) is 5.69 Å². The Labute approximate surface area is 195 Å². The molecule has 1 aromatic carbocycles. The number of anilines is 1. The first-order chi connectivity index (χ1) is 13.8. The number of guanidine groups is 1. The van der Waals surface area contributed by atoms with E-state index in [1.165, 1.54) is 0 Å². The van der Waals surface area contributed by atoms with Gasteiger partial charge >= 0.3 is 0 Å². The van der Waals surface area contributed by atoms with Gasteiger partial charge in [-0.05, 0) is 44.7 Å². The highest BCUT2D eigenvalue weighted by Crippen LogP contribution is 2.27. The van der Waals surface area contributed by atoms with Crippen molar-refractivity contribution in [3.8, 4) is 0 Å². The number of halogens is 2. The fraction of sp³-hybridized carbons (Fsp3) is 0.550. The van der Waals surface area contributed by atoms with Crippen LogP contribution in [0.1, 0.15) is 32.6 Å². The molecule has 29 heavy (non-hydrogen) atoms. The quantitative estimate of drug-likeness (QED) is 0.236. The topological polar surface area (TPSA) is 70.4 Å². The minimum absolute atomic E-state index is 0. The third-order valence-corrected chi connectivity index (χ3v) is 5.18. The number of para-hydroxylation sites is 1. The first kappa shape index (κ1) is 23.7. The Balaban J connectivity index is 0.00000300. The first-order valence-electron chi connectivity index (χ1n) is 10.1. The molecular weight excluding hydrogens is 501 g/mol. The normalized spacial score (nSPS) is 17.0. The standard InChI is InChI=1S/C20H30ClN7.HI/c1-2-22-20(23-11-5-6-12-27-15-24-25-16-27)26-17-8-7-13-28(14-17)19-10-4-3-9-18(19)21;/h3-4,9-10,15-17H,2,5-8,11-14H2,1H3,(H2,22,23,26);1H. The van der Waals surface area contributed by atoms with Gasteiger partial charge in [0.05, 0.1) is 10.7 Å². The molecule has 0 saturated carbocycles. The first-order valence-corrected chi connectivity index (χ1v) is 10.5. The van der Waals surface area contributed by atoms with Crippen molar-refractivity contribution in [1.29, 1.82) is 0 Å². The number of aliphatic imine (C=N–C) groups is 1. The summed E-state index contributed by atoms with van der Waals surface area (Å²) in [7, 11) is 0. The molecule has 9 heteroatoms. The van der Waals surface area contributed by atoms with Crippen LogP contribution in [-0.2, 0) is 6.54 Å². The average molecular weight is 532 g/mol. The molecule has 1 fully saturated rings. The van der Waals surface area contributed by atoms with Crippen molar-refractivity contribution in [3.05, 3.63) is 41.9 Å². The number of benzene rings is 1. The molecule has 0 bridgehead atoms. The number of hydrogen-bond acceptors (Lipinski definition) is 4. The van der Waals surface area contributed by atoms with Gasteiger partial charge in [-0.2, -0.15) is 0 Å². The van der Waals surface area contributed by atoms with Crippen LogP contribution in [-0.4, -0.2) is 52.9 Å². The van der Waals surface area contributed by atoms with Crippen LogP contribution in [0.2, 0.25) is 5.02 Å². The van der Waals surface area contributed by atoms with E-state index < -0.39 is 0 Å². The fourth-order valence-electron chi connectivity index (χ4n) is 3.47. The third kappa shape index (κ3) is 7.65. The van der Waals surface area contributed by atoms with Crippen LogP contribution in [0.3, 0.4) is 0 Å². The van der Waals surface area contributed by atoms with Crippen LogP contribution in [0.15, 0.2) is 41.9 Å². The summed E-state index contributed by atoms with van der Waals surface area (Å²) in [5, 5.41) is 15.4. The summed E-state index contributed by atoms with van der Waals surface area (Å²) in [5.74, 6) is 0.901. The number of nitrogens with one attached hydrogen (secondary N) is 2. The highest BCUT2D eigenvalue weighted by molar-refractivity contribution is 14.0. The molecule has 1 aliphatic heterocycles. The van der Waals surface area contributed by atoms with Gasteiger partial charge < -0.3 is 20.1 Å². The molecule has 160 valence electrons. The molecule has 0 amide bonds. The molecule has 0 radical (unpaired) electrons. The molecule has 7 nitrogen and oxygen atoms in total. The zero-order chi connectivity index (χ0) is 19.6. The van der Waals surface area contributed by atoms with Crippen LogP contribution in [0, 0.1) is 0 Å². The lowest BCUT2D eigenvalue weighted by Gasteiger charge is -2.35. The molecule has 0 spiro atoms. The van der Waals surface area contributed by atoms with Crippen molar-refractivity contribution < 1.29 is 0 Å². The predicted octanol–water partition coefficient (Wildman–Crippen LogP) is 3.55. The van der Waals surface area contributed by atoms with Gasteiger partial charge in [0.2, 0.25) is 0 Å². The molecule has 3 rings (SSSR count). The molecule has 2 heterocycles. The second kappa shape index (κ2) is 12.9. The Hall–Kier alpha value is -1.55. The highest BCUT2D eigenvalue weighted by atomic mass is 127. The Bertz CT molecular complexity index is 738. The minimum atomic E-state index is 0. The van der Waals surface area contributed by atoms with Gasteiger partial charge in [-0.3, -0.25) is 4.99 Å². The van der Waals surface area contributed by atoms with Gasteiger partial charge in [0.1, 0.15) is 12.7 Å². The Morgan fingerprint density at radius 2 is 2.03 bits per heavy atom. The lowest BCUT2D eigenvalue weighted by Crippen LogP contribution is -2.51. The summed E-state index contributed by atoms with van der Waals surface area (Å²) >= 11 is 6.39. The number of aryl methyl sites for hydroxylation is 1. The number of nitrogens with zero attached hydrogens (tertiary/aromatic N) is 5. The fourth-order valence-corrected chi connectivity index (χ4v) is 3.73. The van der Waals surface area contributed by atoms with E-state index in [2.05, 4.69) is 38.7 Å². The summed E-state index contributed by atoms with van der Waals surface area (Å²) in [5.41, 5.74) is 1.12. The zero-order valence-electron chi connectivity index (χ0n) is 16.9. The lowest BCUT2D eigenvalue weighted by atomic mass is 10.0. The average Bonchev–Trinajstić information content (AvgIpc) is 3.22. The number of hydrogen-bond donors (Lipinski definition) is 2. The SMILES string of the molecule is CCNC(=NCCCCn1cnnc1)NC1CCCN(c2ccccc2Cl)C1.I. The molecule has 0 aliphatic carbocycles. The molecule has 1 saturated heterocycles. The minimum Gasteiger partial charge on any atom is -0.368 e. The predicted molar refractivity (Wildman–Crippen MR) is 130 cm³/mol. The molecule has 2 N–H and O–H groups in total. The number of piperidine rings is 1. The van der Waals surface area contributed by atoms with E-state index in [9.17, 15) is 0 Å². The Morgan fingerprint density at radius 3 is 2.79 bits per heavy atom. The van der Waals surface area contributed by atoms with Gasteiger partial charge in [-0.25, -0.2) is 0 Å². The van der Waals surface area contributed by atoms with Crippen molar-refractivity contribution in [2.45, 2.75) is 45.2 Å². The molecule has 1 atom stereocenters. The second-order valence-corrected chi connectivity index (χ2v) is 7.46. The zero-order valence-corrected chi connectivity index (χ0v) is 20.0. The van der Waals surface area contributed by atoms with Gasteiger partial charge in [0.25, 0.3) is 0 Å². The maximum atomic E-state index is 6.39. The van der Waals surface area contributed by atoms with Crippen LogP contribution < -0.4 is 15.5 Å². The van der Waals surface area contributed by atoms with Crippen LogP contribution in [0.5, 0.6) is 0 Å². The summed E-state index contributed by atoms with van der Waals surface area (Å²) in [6.07, 6.45) is 7.88. The molecule has 1 aliphatic rings. The Morgan fingerprint density at radius 1 is 1.24 bits per heavy atom.